The van der Waals surface area contributed by atoms with Gasteiger partial charge in [-0.3, -0.25) is 9.59 Å². The number of phenols is 1. The lowest BCUT2D eigenvalue weighted by Crippen LogP contribution is -2.39. The van der Waals surface area contributed by atoms with Crippen LogP contribution in [0.4, 0.5) is 0 Å². The normalized spacial score (nSPS) is 11.7. The summed E-state index contributed by atoms with van der Waals surface area (Å²) in [5.41, 5.74) is 3.56. The van der Waals surface area contributed by atoms with E-state index in [1.54, 1.807) is 44.4 Å². The molecule has 0 aliphatic rings. The van der Waals surface area contributed by atoms with E-state index < -0.39 is 11.8 Å². The molecule has 0 fully saturated rings. The van der Waals surface area contributed by atoms with Gasteiger partial charge in [-0.2, -0.15) is 5.10 Å². The molecule has 8 nitrogen and oxygen atoms in total. The zero-order valence-corrected chi connectivity index (χ0v) is 15.2. The molecule has 0 saturated heterocycles. The Morgan fingerprint density at radius 2 is 1.78 bits per heavy atom. The minimum atomic E-state index is -0.891. The van der Waals surface area contributed by atoms with Crippen LogP contribution in [0.1, 0.15) is 24.1 Å². The summed E-state index contributed by atoms with van der Waals surface area (Å²) in [5.74, 6) is -0.728. The fraction of sp³-hybridized carbons (Fsp3) is 0.211. The van der Waals surface area contributed by atoms with E-state index in [0.717, 1.165) is 5.56 Å². The predicted octanol–water partition coefficient (Wildman–Crippen LogP) is 1.74. The van der Waals surface area contributed by atoms with Crippen LogP contribution in [0.15, 0.2) is 47.6 Å². The van der Waals surface area contributed by atoms with Crippen LogP contribution in [0.5, 0.6) is 17.2 Å². The van der Waals surface area contributed by atoms with E-state index in [0.29, 0.717) is 11.3 Å². The average molecular weight is 371 g/mol. The lowest BCUT2D eigenvalue weighted by atomic mass is 10.1. The SMILES string of the molecule is COc1ccc([C@@H](C)NC(=O)C(=O)N/N=C\c2ccc(O)c(OC)c2)cc1. The summed E-state index contributed by atoms with van der Waals surface area (Å²) in [6.45, 7) is 1.76. The van der Waals surface area contributed by atoms with Crippen molar-refractivity contribution in [1.82, 2.24) is 10.7 Å². The van der Waals surface area contributed by atoms with Crippen LogP contribution >= 0.6 is 0 Å². The number of nitrogens with zero attached hydrogens (tertiary/aromatic N) is 1. The Morgan fingerprint density at radius 3 is 2.41 bits per heavy atom. The molecule has 8 heteroatoms. The predicted molar refractivity (Wildman–Crippen MR) is 99.9 cm³/mol. The van der Waals surface area contributed by atoms with Crippen molar-refractivity contribution in [3.8, 4) is 17.2 Å². The standard InChI is InChI=1S/C19H21N3O5/c1-12(14-5-7-15(26-2)8-6-14)21-18(24)19(25)22-20-11-13-4-9-16(23)17(10-13)27-3/h4-12,23H,1-3H3,(H,21,24)(H,22,25)/b20-11-/t12-/m1/s1. The van der Waals surface area contributed by atoms with Crippen LogP contribution in [0.3, 0.4) is 0 Å². The Labute approximate surface area is 156 Å². The number of hydrogen-bond donors (Lipinski definition) is 3. The van der Waals surface area contributed by atoms with Gasteiger partial charge in [0.2, 0.25) is 0 Å². The Hall–Kier alpha value is -3.55. The van der Waals surface area contributed by atoms with Gasteiger partial charge in [0, 0.05) is 0 Å². The Bertz CT molecular complexity index is 834. The highest BCUT2D eigenvalue weighted by molar-refractivity contribution is 6.35. The average Bonchev–Trinajstić information content (AvgIpc) is 2.69. The Morgan fingerprint density at radius 1 is 1.07 bits per heavy atom. The van der Waals surface area contributed by atoms with E-state index in [9.17, 15) is 14.7 Å². The third kappa shape index (κ3) is 5.46. The maximum atomic E-state index is 12.0. The molecular weight excluding hydrogens is 350 g/mol. The lowest BCUT2D eigenvalue weighted by Gasteiger charge is -2.13. The molecule has 0 aliphatic carbocycles. The molecule has 0 radical (unpaired) electrons. The van der Waals surface area contributed by atoms with Crippen LogP contribution in [0.2, 0.25) is 0 Å². The zero-order valence-electron chi connectivity index (χ0n) is 15.2. The third-order valence-electron chi connectivity index (χ3n) is 3.75. The van der Waals surface area contributed by atoms with Gasteiger partial charge in [-0.05, 0) is 48.4 Å². The molecule has 0 unspecified atom stereocenters. The zero-order chi connectivity index (χ0) is 19.8. The molecule has 2 aromatic carbocycles. The summed E-state index contributed by atoms with van der Waals surface area (Å²) in [5, 5.41) is 15.8. The van der Waals surface area contributed by atoms with E-state index in [4.69, 9.17) is 9.47 Å². The highest BCUT2D eigenvalue weighted by Gasteiger charge is 2.16. The first-order valence-corrected chi connectivity index (χ1v) is 8.09. The van der Waals surface area contributed by atoms with Crippen molar-refractivity contribution in [2.75, 3.05) is 14.2 Å². The van der Waals surface area contributed by atoms with E-state index in [1.807, 2.05) is 0 Å². The fourth-order valence-corrected chi connectivity index (χ4v) is 2.23. The lowest BCUT2D eigenvalue weighted by molar-refractivity contribution is -0.139. The molecule has 1 atom stereocenters. The van der Waals surface area contributed by atoms with Crippen molar-refractivity contribution in [1.29, 1.82) is 0 Å². The van der Waals surface area contributed by atoms with Gasteiger partial charge in [0.05, 0.1) is 26.5 Å². The summed E-state index contributed by atoms with van der Waals surface area (Å²) in [4.78, 5) is 23.8. The second-order valence-corrected chi connectivity index (χ2v) is 5.60. The first-order valence-electron chi connectivity index (χ1n) is 8.09. The minimum absolute atomic E-state index is 0.00872. The summed E-state index contributed by atoms with van der Waals surface area (Å²) < 4.78 is 10.1. The highest BCUT2D eigenvalue weighted by atomic mass is 16.5. The molecule has 2 aromatic rings. The van der Waals surface area contributed by atoms with Crippen LogP contribution in [-0.4, -0.2) is 37.4 Å². The van der Waals surface area contributed by atoms with E-state index in [1.165, 1.54) is 25.5 Å². The monoisotopic (exact) mass is 371 g/mol. The molecule has 142 valence electrons. The first kappa shape index (κ1) is 19.8. The van der Waals surface area contributed by atoms with Gasteiger partial charge >= 0.3 is 11.8 Å². The van der Waals surface area contributed by atoms with Crippen molar-refractivity contribution < 1.29 is 24.2 Å². The molecule has 3 N–H and O–H groups in total. The Kier molecular flexibility index (Phi) is 6.76. The third-order valence-corrected chi connectivity index (χ3v) is 3.75. The molecule has 0 bridgehead atoms. The number of nitrogens with one attached hydrogen (secondary N) is 2. The van der Waals surface area contributed by atoms with Gasteiger partial charge in [0.1, 0.15) is 5.75 Å². The summed E-state index contributed by atoms with van der Waals surface area (Å²) in [7, 11) is 2.99. The van der Waals surface area contributed by atoms with Crippen LogP contribution < -0.4 is 20.2 Å². The van der Waals surface area contributed by atoms with Crippen molar-refractivity contribution in [2.45, 2.75) is 13.0 Å². The second kappa shape index (κ2) is 9.23. The first-order chi connectivity index (χ1) is 12.9. The highest BCUT2D eigenvalue weighted by Crippen LogP contribution is 2.25. The molecule has 27 heavy (non-hydrogen) atoms. The van der Waals surface area contributed by atoms with Gasteiger partial charge in [-0.15, -0.1) is 0 Å². The number of carbonyl (C=O) groups excluding carboxylic acids is 2. The molecule has 0 heterocycles. The quantitative estimate of drug-likeness (QED) is 0.407. The fourth-order valence-electron chi connectivity index (χ4n) is 2.23. The van der Waals surface area contributed by atoms with Crippen molar-refractivity contribution in [3.63, 3.8) is 0 Å². The number of hydrazone groups is 1. The number of amides is 2. The smallest absolute Gasteiger partial charge is 0.329 e. The number of benzene rings is 2. The topological polar surface area (TPSA) is 109 Å². The molecular formula is C19H21N3O5. The number of ether oxygens (including phenoxy) is 2. The van der Waals surface area contributed by atoms with Gasteiger partial charge in [0.25, 0.3) is 0 Å². The maximum Gasteiger partial charge on any atom is 0.329 e. The number of phenolic OH excluding ortho intramolecular Hbond substituents is 1. The number of aromatic hydroxyl groups is 1. The van der Waals surface area contributed by atoms with Gasteiger partial charge in [-0.25, -0.2) is 5.43 Å². The van der Waals surface area contributed by atoms with Crippen molar-refractivity contribution >= 4 is 18.0 Å². The number of hydrogen-bond acceptors (Lipinski definition) is 6. The van der Waals surface area contributed by atoms with Gasteiger partial charge < -0.3 is 19.9 Å². The van der Waals surface area contributed by atoms with Gasteiger partial charge in [-0.1, -0.05) is 12.1 Å². The molecule has 2 rings (SSSR count). The maximum absolute atomic E-state index is 12.0. The van der Waals surface area contributed by atoms with E-state index in [-0.39, 0.29) is 17.5 Å². The second-order valence-electron chi connectivity index (χ2n) is 5.60. The van der Waals surface area contributed by atoms with E-state index in [2.05, 4.69) is 15.8 Å². The minimum Gasteiger partial charge on any atom is -0.504 e. The van der Waals surface area contributed by atoms with Crippen LogP contribution in [0, 0.1) is 0 Å². The molecule has 0 aromatic heterocycles. The molecule has 0 spiro atoms. The van der Waals surface area contributed by atoms with Gasteiger partial charge in [0.15, 0.2) is 11.5 Å². The molecule has 2 amide bonds. The van der Waals surface area contributed by atoms with Crippen molar-refractivity contribution in [2.24, 2.45) is 5.10 Å². The van der Waals surface area contributed by atoms with Crippen molar-refractivity contribution in [3.05, 3.63) is 53.6 Å². The van der Waals surface area contributed by atoms with Crippen LogP contribution in [0.25, 0.3) is 0 Å². The summed E-state index contributed by atoms with van der Waals surface area (Å²) in [6, 6.07) is 11.3. The largest absolute Gasteiger partial charge is 0.504 e. The summed E-state index contributed by atoms with van der Waals surface area (Å²) in [6.07, 6.45) is 1.33. The number of carbonyl (C=O) groups is 2. The summed E-state index contributed by atoms with van der Waals surface area (Å²) >= 11 is 0. The number of rotatable bonds is 6. The van der Waals surface area contributed by atoms with E-state index >= 15 is 0 Å². The Balaban J connectivity index is 1.90. The molecule has 0 saturated carbocycles. The molecule has 0 aliphatic heterocycles. The van der Waals surface area contributed by atoms with Crippen LogP contribution in [-0.2, 0) is 9.59 Å². The number of methoxy groups -OCH3 is 2.